The van der Waals surface area contributed by atoms with E-state index in [1.165, 1.54) is 28.8 Å². The number of ether oxygens (including phenoxy) is 1. The highest BCUT2D eigenvalue weighted by molar-refractivity contribution is 7.89. The molecule has 26 heavy (non-hydrogen) atoms. The maximum absolute atomic E-state index is 13.1. The van der Waals surface area contributed by atoms with Gasteiger partial charge < -0.3 is 10.1 Å². The average molecular weight is 416 g/mol. The molecule has 3 rings (SSSR count). The van der Waals surface area contributed by atoms with Crippen LogP contribution < -0.4 is 5.32 Å². The van der Waals surface area contributed by atoms with Gasteiger partial charge in [0.25, 0.3) is 0 Å². The summed E-state index contributed by atoms with van der Waals surface area (Å²) < 4.78 is 32.7. The first kappa shape index (κ1) is 19.1. The smallest absolute Gasteiger partial charge is 0.324 e. The molecule has 1 saturated heterocycles. The quantitative estimate of drug-likeness (QED) is 0.730. The van der Waals surface area contributed by atoms with Crippen LogP contribution in [0.1, 0.15) is 17.7 Å². The topological polar surface area (TPSA) is 88.6 Å². The second kappa shape index (κ2) is 7.91. The van der Waals surface area contributed by atoms with Crippen LogP contribution in [-0.2, 0) is 26.1 Å². The highest BCUT2D eigenvalue weighted by Crippen LogP contribution is 2.31. The van der Waals surface area contributed by atoms with E-state index in [1.807, 2.05) is 0 Å². The number of thiazole rings is 1. The lowest BCUT2D eigenvalue weighted by atomic mass is 10.2. The standard InChI is InChI=1S/C16H18ClN3O4S2/c1-24-15(21)13-6-4-8-20(13)26(22,23)14-7-3-2-5-12(14)18-9-11-10-19-16(17)25-11/h2-3,5,7,10,13,18H,4,6,8-9H2,1H3. The van der Waals surface area contributed by atoms with E-state index < -0.39 is 22.0 Å². The first-order valence-corrected chi connectivity index (χ1v) is 10.6. The second-order valence-corrected chi connectivity index (χ2v) is 9.28. The Balaban J connectivity index is 1.87. The Bertz CT molecular complexity index is 900. The molecule has 1 aliphatic rings. The van der Waals surface area contributed by atoms with Crippen LogP contribution in [0.5, 0.6) is 0 Å². The van der Waals surface area contributed by atoms with Crippen molar-refractivity contribution in [1.29, 1.82) is 0 Å². The fourth-order valence-corrected chi connectivity index (χ4v) is 5.65. The normalized spacial score (nSPS) is 18.0. The number of hydrogen-bond acceptors (Lipinski definition) is 7. The minimum atomic E-state index is -3.84. The Morgan fingerprint density at radius 3 is 2.92 bits per heavy atom. The van der Waals surface area contributed by atoms with E-state index in [0.29, 0.717) is 36.1 Å². The van der Waals surface area contributed by atoms with Crippen molar-refractivity contribution in [2.45, 2.75) is 30.3 Å². The molecular weight excluding hydrogens is 398 g/mol. The van der Waals surface area contributed by atoms with Crippen molar-refractivity contribution < 1.29 is 17.9 Å². The van der Waals surface area contributed by atoms with Gasteiger partial charge in [0.1, 0.15) is 10.9 Å². The van der Waals surface area contributed by atoms with Crippen molar-refractivity contribution in [2.24, 2.45) is 0 Å². The Kier molecular flexibility index (Phi) is 5.81. The summed E-state index contributed by atoms with van der Waals surface area (Å²) in [5.74, 6) is -0.532. The molecule has 1 unspecified atom stereocenters. The molecule has 1 aliphatic heterocycles. The van der Waals surface area contributed by atoms with Gasteiger partial charge in [0, 0.05) is 17.6 Å². The molecule has 2 aromatic rings. The fourth-order valence-electron chi connectivity index (χ4n) is 2.91. The average Bonchev–Trinajstić information content (AvgIpc) is 3.29. The molecule has 1 aromatic heterocycles. The summed E-state index contributed by atoms with van der Waals surface area (Å²) in [5, 5.41) is 3.12. The number of nitrogens with one attached hydrogen (secondary N) is 1. The van der Waals surface area contributed by atoms with Crippen LogP contribution in [0, 0.1) is 0 Å². The third kappa shape index (κ3) is 3.85. The highest BCUT2D eigenvalue weighted by Gasteiger charge is 2.40. The molecule has 1 atom stereocenters. The van der Waals surface area contributed by atoms with Crippen molar-refractivity contribution in [1.82, 2.24) is 9.29 Å². The lowest BCUT2D eigenvalue weighted by molar-refractivity contribution is -0.144. The van der Waals surface area contributed by atoms with Gasteiger partial charge in [-0.25, -0.2) is 13.4 Å². The van der Waals surface area contributed by atoms with Crippen LogP contribution in [-0.4, -0.2) is 43.4 Å². The van der Waals surface area contributed by atoms with Crippen LogP contribution in [0.15, 0.2) is 35.4 Å². The first-order chi connectivity index (χ1) is 12.4. The van der Waals surface area contributed by atoms with Gasteiger partial charge in [0.15, 0.2) is 4.47 Å². The van der Waals surface area contributed by atoms with Gasteiger partial charge in [0.2, 0.25) is 10.0 Å². The zero-order chi connectivity index (χ0) is 18.7. The molecule has 0 amide bonds. The third-order valence-electron chi connectivity index (χ3n) is 4.13. The summed E-state index contributed by atoms with van der Waals surface area (Å²) in [4.78, 5) is 16.9. The summed E-state index contributed by atoms with van der Waals surface area (Å²) in [5.41, 5.74) is 0.465. The molecule has 0 aliphatic carbocycles. The third-order valence-corrected chi connectivity index (χ3v) is 7.21. The van der Waals surface area contributed by atoms with Crippen LogP contribution >= 0.6 is 22.9 Å². The Hall–Kier alpha value is -1.68. The van der Waals surface area contributed by atoms with Crippen molar-refractivity contribution >= 4 is 44.6 Å². The molecule has 0 bridgehead atoms. The predicted molar refractivity (Wildman–Crippen MR) is 99.8 cm³/mol. The lowest BCUT2D eigenvalue weighted by Crippen LogP contribution is -2.41. The molecule has 1 fully saturated rings. The molecule has 0 saturated carbocycles. The Morgan fingerprint density at radius 1 is 1.46 bits per heavy atom. The highest BCUT2D eigenvalue weighted by atomic mass is 35.5. The van der Waals surface area contributed by atoms with Crippen molar-refractivity contribution in [3.05, 3.63) is 39.8 Å². The fraction of sp³-hybridized carbons (Fsp3) is 0.375. The summed E-state index contributed by atoms with van der Waals surface area (Å²) in [6.07, 6.45) is 2.72. The van der Waals surface area contributed by atoms with Crippen molar-refractivity contribution in [2.75, 3.05) is 19.0 Å². The van der Waals surface area contributed by atoms with E-state index in [-0.39, 0.29) is 4.90 Å². The van der Waals surface area contributed by atoms with E-state index in [2.05, 4.69) is 10.3 Å². The number of sulfonamides is 1. The number of benzene rings is 1. The van der Waals surface area contributed by atoms with Gasteiger partial charge in [-0.05, 0) is 25.0 Å². The van der Waals surface area contributed by atoms with Crippen LogP contribution in [0.25, 0.3) is 0 Å². The summed E-state index contributed by atoms with van der Waals surface area (Å²) in [6, 6.07) is 5.86. The number of aromatic nitrogens is 1. The number of carbonyl (C=O) groups is 1. The van der Waals surface area contributed by atoms with E-state index in [1.54, 1.807) is 24.4 Å². The number of hydrogen-bond donors (Lipinski definition) is 1. The zero-order valence-corrected chi connectivity index (χ0v) is 16.4. The van der Waals surface area contributed by atoms with Gasteiger partial charge >= 0.3 is 5.97 Å². The predicted octanol–water partition coefficient (Wildman–Crippen LogP) is 2.73. The molecule has 10 heteroatoms. The number of rotatable bonds is 6. The van der Waals surface area contributed by atoms with Crippen LogP contribution in [0.3, 0.4) is 0 Å². The van der Waals surface area contributed by atoms with E-state index >= 15 is 0 Å². The number of nitrogens with zero attached hydrogens (tertiary/aromatic N) is 2. The van der Waals surface area contributed by atoms with Crippen LogP contribution in [0.2, 0.25) is 4.47 Å². The lowest BCUT2D eigenvalue weighted by Gasteiger charge is -2.23. The molecule has 140 valence electrons. The van der Waals surface area contributed by atoms with E-state index in [0.717, 1.165) is 4.88 Å². The van der Waals surface area contributed by atoms with E-state index in [9.17, 15) is 13.2 Å². The van der Waals surface area contributed by atoms with Gasteiger partial charge in [-0.3, -0.25) is 4.79 Å². The first-order valence-electron chi connectivity index (χ1n) is 7.96. The number of carbonyl (C=O) groups excluding carboxylic acids is 1. The summed E-state index contributed by atoms with van der Waals surface area (Å²) >= 11 is 7.15. The van der Waals surface area contributed by atoms with Gasteiger partial charge in [-0.2, -0.15) is 4.31 Å². The maximum Gasteiger partial charge on any atom is 0.324 e. The number of anilines is 1. The minimum Gasteiger partial charge on any atom is -0.468 e. The largest absolute Gasteiger partial charge is 0.468 e. The van der Waals surface area contributed by atoms with Crippen LogP contribution in [0.4, 0.5) is 5.69 Å². The molecular formula is C16H18ClN3O4S2. The number of para-hydroxylation sites is 1. The SMILES string of the molecule is COC(=O)C1CCCN1S(=O)(=O)c1ccccc1NCc1cnc(Cl)s1. The Labute approximate surface area is 161 Å². The Morgan fingerprint density at radius 2 is 2.23 bits per heavy atom. The second-order valence-electron chi connectivity index (χ2n) is 5.73. The summed E-state index contributed by atoms with van der Waals surface area (Å²) in [7, 11) is -2.58. The molecule has 1 N–H and O–H groups in total. The molecule has 7 nitrogen and oxygen atoms in total. The van der Waals surface area contributed by atoms with E-state index in [4.69, 9.17) is 16.3 Å². The molecule has 0 radical (unpaired) electrons. The monoisotopic (exact) mass is 415 g/mol. The minimum absolute atomic E-state index is 0.131. The van der Waals surface area contributed by atoms with Crippen molar-refractivity contribution in [3.8, 4) is 0 Å². The number of esters is 1. The van der Waals surface area contributed by atoms with Gasteiger partial charge in [-0.15, -0.1) is 11.3 Å². The maximum atomic E-state index is 13.1. The van der Waals surface area contributed by atoms with Gasteiger partial charge in [-0.1, -0.05) is 23.7 Å². The van der Waals surface area contributed by atoms with Gasteiger partial charge in [0.05, 0.1) is 19.3 Å². The van der Waals surface area contributed by atoms with Crippen molar-refractivity contribution in [3.63, 3.8) is 0 Å². The summed E-state index contributed by atoms with van der Waals surface area (Å²) in [6.45, 7) is 0.693. The molecule has 0 spiro atoms. The number of methoxy groups -OCH3 is 1. The number of halogens is 1. The molecule has 2 heterocycles. The zero-order valence-electron chi connectivity index (χ0n) is 14.0. The molecule has 1 aromatic carbocycles.